The molecule has 3 fully saturated rings. The van der Waals surface area contributed by atoms with Gasteiger partial charge in [-0.1, -0.05) is 19.7 Å². The second kappa shape index (κ2) is 37.3. The number of rotatable bonds is 19. The van der Waals surface area contributed by atoms with Crippen LogP contribution < -0.4 is 34.7 Å². The fourth-order valence-corrected chi connectivity index (χ4v) is 8.21. The van der Waals surface area contributed by atoms with Crippen LogP contribution in [0.25, 0.3) is 0 Å². The summed E-state index contributed by atoms with van der Waals surface area (Å²) in [7, 11) is 0. The van der Waals surface area contributed by atoms with E-state index >= 15 is 0 Å². The fourth-order valence-electron chi connectivity index (χ4n) is 8.16. The number of aliphatic carboxylic acids is 1. The van der Waals surface area contributed by atoms with Crippen LogP contribution in [0.5, 0.6) is 0 Å². The maximum absolute atomic E-state index is 12.6. The van der Waals surface area contributed by atoms with Gasteiger partial charge in [0, 0.05) is 29.1 Å². The number of aliphatic hydroxyl groups is 3. The Labute approximate surface area is 519 Å². The van der Waals surface area contributed by atoms with E-state index in [0.29, 0.717) is 62.2 Å². The molecule has 0 amide bonds. The molecule has 3 N–H and O–H groups in total. The van der Waals surface area contributed by atoms with Crippen molar-refractivity contribution in [1.29, 1.82) is 0 Å². The minimum atomic E-state index is -5.01. The number of carbonyl (C=O) groups excluding carboxylic acids is 8. The molecule has 3 rings (SSSR count). The van der Waals surface area contributed by atoms with Gasteiger partial charge in [-0.2, -0.15) is 26.3 Å². The number of ether oxygens (including phenoxy) is 6. The third kappa shape index (κ3) is 34.4. The van der Waals surface area contributed by atoms with Gasteiger partial charge in [-0.3, -0.25) is 14.4 Å². The monoisotopic (exact) mass is 1270 g/mol. The molecule has 2 atom stereocenters. The van der Waals surface area contributed by atoms with Crippen LogP contribution in [0.1, 0.15) is 166 Å². The molecule has 0 saturated heterocycles. The zero-order valence-corrected chi connectivity index (χ0v) is 53.7. The van der Waals surface area contributed by atoms with Crippen molar-refractivity contribution in [3.05, 3.63) is 36.5 Å². The summed E-state index contributed by atoms with van der Waals surface area (Å²) >= 11 is 15.0. The summed E-state index contributed by atoms with van der Waals surface area (Å²) in [5.41, 5.74) is -7.33. The molecule has 0 aliphatic heterocycles. The summed E-state index contributed by atoms with van der Waals surface area (Å²) in [4.78, 5) is 88.3. The Morgan fingerprint density at radius 1 is 0.494 bits per heavy atom. The molecule has 0 spiro atoms. The molecular weight excluding hydrogens is 1190 g/mol. The number of halogens is 9. The number of hydrogen-bond acceptors (Lipinski definition) is 18. The van der Waals surface area contributed by atoms with E-state index in [0.717, 1.165) is 51.4 Å². The Hall–Kier alpha value is -3.49. The Bertz CT molecular complexity index is 2150. The molecule has 0 radical (unpaired) electrons. The molecule has 0 heterocycles. The molecule has 0 aromatic rings. The van der Waals surface area contributed by atoms with E-state index in [2.05, 4.69) is 24.5 Å². The Morgan fingerprint density at radius 2 is 0.771 bits per heavy atom. The van der Waals surface area contributed by atoms with Crippen LogP contribution in [0.2, 0.25) is 0 Å². The average molecular weight is 1270 g/mol. The van der Waals surface area contributed by atoms with E-state index in [9.17, 15) is 80.0 Å². The first-order valence-electron chi connectivity index (χ1n) is 26.0. The van der Waals surface area contributed by atoms with Gasteiger partial charge in [0.25, 0.3) is 0 Å². The summed E-state index contributed by atoms with van der Waals surface area (Å²) in [6.45, 7) is 26.4. The van der Waals surface area contributed by atoms with Gasteiger partial charge in [0.15, 0.2) is 17.8 Å². The van der Waals surface area contributed by atoms with Gasteiger partial charge in [0.1, 0.15) is 35.4 Å². The standard InChI is InChI=1S/C20H29F3O7.C15H23ClO4.C13H22O3.C5H7F3O3.C2H2Cl2O.Na/c1-12(2)17(26)29-14-8-6-13(7-9-14)18(3,4)30-16(25)11-28-15(24)10-19(5,27)20(21,22)23;1-10(2)14(18)19-12-7-5-11(6-8-12)15(3,4)20-13(17)9-16;1-9(2)12(14)16-11-7-5-10(6-8-11)13(3,4)15;1-4(11,2-3(9)10)5(6,7)8;3-1-2(4)5;/h13-14,27H,1,6-11H2,2-5H3;11-12H,1,5-9H2,2-4H3;10-11,15H,1,5-8H2,2-4H3;11H,2H2,1H3,(H,9,10);1H2;/q;;;;;+1/p-1. The second-order valence-electron chi connectivity index (χ2n) is 22.3. The van der Waals surface area contributed by atoms with Crippen LogP contribution in [0.15, 0.2) is 36.5 Å². The molecule has 474 valence electrons. The van der Waals surface area contributed by atoms with Gasteiger partial charge in [0.05, 0.1) is 17.9 Å². The van der Waals surface area contributed by atoms with Crippen molar-refractivity contribution in [1.82, 2.24) is 0 Å². The first kappa shape index (κ1) is 83.7. The van der Waals surface area contributed by atoms with Crippen molar-refractivity contribution in [3.8, 4) is 0 Å². The number of alkyl halides is 8. The summed E-state index contributed by atoms with van der Waals surface area (Å²) < 4.78 is 104. The van der Waals surface area contributed by atoms with Crippen LogP contribution in [-0.4, -0.2) is 139 Å². The van der Waals surface area contributed by atoms with Gasteiger partial charge in [-0.15, -0.1) is 23.2 Å². The molecule has 0 aromatic heterocycles. The zero-order valence-electron chi connectivity index (χ0n) is 49.5. The number of esters is 6. The maximum atomic E-state index is 12.6. The van der Waals surface area contributed by atoms with Gasteiger partial charge < -0.3 is 53.6 Å². The Morgan fingerprint density at radius 3 is 1.00 bits per heavy atom. The molecule has 2 unspecified atom stereocenters. The van der Waals surface area contributed by atoms with Crippen molar-refractivity contribution in [3.63, 3.8) is 0 Å². The average Bonchev–Trinajstić information content (AvgIpc) is 3.32. The molecule has 0 aromatic carbocycles. The summed E-state index contributed by atoms with van der Waals surface area (Å²) in [6, 6.07) is 0. The first-order chi connectivity index (χ1) is 37.0. The first-order valence-corrected chi connectivity index (χ1v) is 27.5. The third-order valence-corrected chi connectivity index (χ3v) is 14.1. The van der Waals surface area contributed by atoms with Crippen LogP contribution >= 0.6 is 34.8 Å². The van der Waals surface area contributed by atoms with E-state index in [1.165, 1.54) is 0 Å². The zero-order chi connectivity index (χ0) is 64.6. The van der Waals surface area contributed by atoms with Crippen molar-refractivity contribution < 1.29 is 143 Å². The molecule has 83 heavy (non-hydrogen) atoms. The molecule has 3 saturated carbocycles. The van der Waals surface area contributed by atoms with Gasteiger partial charge in [-0.05, 0) is 183 Å². The predicted octanol–water partition coefficient (Wildman–Crippen LogP) is 6.33. The molecule has 18 nitrogen and oxygen atoms in total. The number of carbonyl (C=O) groups is 8. The van der Waals surface area contributed by atoms with Gasteiger partial charge in [0.2, 0.25) is 5.24 Å². The maximum Gasteiger partial charge on any atom is 1.00 e. The molecule has 0 bridgehead atoms. The van der Waals surface area contributed by atoms with Crippen LogP contribution in [0.3, 0.4) is 0 Å². The molecular formula is C55H82Cl3F6NaO18. The molecule has 28 heteroatoms. The van der Waals surface area contributed by atoms with Crippen molar-refractivity contribution in [2.45, 2.75) is 225 Å². The van der Waals surface area contributed by atoms with Crippen LogP contribution in [-0.2, 0) is 66.8 Å². The number of hydrogen-bond donors (Lipinski definition) is 3. The Balaban J connectivity index is -0.00000105. The van der Waals surface area contributed by atoms with E-state index in [1.54, 1.807) is 34.6 Å². The van der Waals surface area contributed by atoms with Crippen molar-refractivity contribution >= 4 is 81.8 Å². The summed E-state index contributed by atoms with van der Waals surface area (Å²) in [6.07, 6.45) is -3.79. The van der Waals surface area contributed by atoms with Crippen LogP contribution in [0.4, 0.5) is 26.3 Å². The van der Waals surface area contributed by atoms with Gasteiger partial charge in [-0.25, -0.2) is 19.2 Å². The van der Waals surface area contributed by atoms with E-state index in [4.69, 9.17) is 63.6 Å². The largest absolute Gasteiger partial charge is 1.00 e. The van der Waals surface area contributed by atoms with E-state index in [-0.39, 0.29) is 83.4 Å². The SMILES string of the molecule is C=C(C)C(=O)OC1CCC(C(C)(C)O)CC1.C=C(C)C(=O)OC1CCC(C(C)(C)OC(=O)CCl)CC1.C=C(C)C(=O)OC1CCC(C(C)(C)OC(=O)COC(=O)CC(C)(O)C(F)(F)F)CC1.CC(O)(CC(=O)[O-])C(F)(F)F.O=C(Cl)CCl.[Na+]. The minimum absolute atomic E-state index is 0. The smallest absolute Gasteiger partial charge is 0.550 e. The topological polar surface area (TPSA) is 276 Å². The van der Waals surface area contributed by atoms with Crippen LogP contribution in [0, 0.1) is 17.8 Å². The van der Waals surface area contributed by atoms with E-state index in [1.807, 2.05) is 27.7 Å². The fraction of sp³-hybridized carbons (Fsp3) is 0.745. The second-order valence-corrected chi connectivity index (χ2v) is 23.3. The number of carboxylic acid groups (broad SMARTS) is 1. The molecule has 3 aliphatic carbocycles. The number of carboxylic acids is 1. The predicted molar refractivity (Wildman–Crippen MR) is 287 cm³/mol. The van der Waals surface area contributed by atoms with Crippen molar-refractivity contribution in [2.75, 3.05) is 18.4 Å². The quantitative estimate of drug-likeness (QED) is 0.0242. The normalized spacial score (nSPS) is 21.3. The molecule has 3 aliphatic rings. The van der Waals surface area contributed by atoms with Gasteiger partial charge >= 0.3 is 77.7 Å². The summed E-state index contributed by atoms with van der Waals surface area (Å²) in [5, 5.41) is 36.8. The third-order valence-electron chi connectivity index (χ3n) is 13.4. The summed E-state index contributed by atoms with van der Waals surface area (Å²) in [5.74, 6) is -5.38. The Kier molecular flexibility index (Phi) is 37.6. The van der Waals surface area contributed by atoms with E-state index < -0.39 is 94.9 Å². The van der Waals surface area contributed by atoms with Crippen molar-refractivity contribution in [2.24, 2.45) is 17.8 Å². The minimum Gasteiger partial charge on any atom is -0.550 e.